The van der Waals surface area contributed by atoms with Gasteiger partial charge in [0.05, 0.1) is 36.2 Å². The number of rotatable bonds is 4. The van der Waals surface area contributed by atoms with Crippen LogP contribution in [-0.2, 0) is 19.6 Å². The highest BCUT2D eigenvalue weighted by Crippen LogP contribution is 2.37. The zero-order valence-corrected chi connectivity index (χ0v) is 17.6. The lowest BCUT2D eigenvalue weighted by molar-refractivity contribution is -0.122. The molecule has 3 rings (SSSR count). The molecule has 0 aromatic heterocycles. The number of fused-ring (bicyclic) bond motifs is 1. The van der Waals surface area contributed by atoms with Gasteiger partial charge in [0.2, 0.25) is 10.0 Å². The molecule has 1 amide bonds. The number of halogens is 2. The zero-order valence-electron chi connectivity index (χ0n) is 15.3. The highest BCUT2D eigenvalue weighted by Gasteiger charge is 2.35. The van der Waals surface area contributed by atoms with Gasteiger partial charge in [0.25, 0.3) is 5.91 Å². The minimum Gasteiger partial charge on any atom is -0.476 e. The Morgan fingerprint density at radius 1 is 1.21 bits per heavy atom. The van der Waals surface area contributed by atoms with Crippen LogP contribution >= 0.6 is 23.2 Å². The number of nitrogens with zero attached hydrogens (tertiary/aromatic N) is 1. The summed E-state index contributed by atoms with van der Waals surface area (Å²) in [5, 5.41) is 3.09. The van der Waals surface area contributed by atoms with E-state index < -0.39 is 28.0 Å². The van der Waals surface area contributed by atoms with Gasteiger partial charge in [0.15, 0.2) is 6.10 Å². The average molecular weight is 459 g/mol. The van der Waals surface area contributed by atoms with Crippen molar-refractivity contribution in [2.24, 2.45) is 0 Å². The van der Waals surface area contributed by atoms with Gasteiger partial charge in [-0.15, -0.1) is 0 Å². The van der Waals surface area contributed by atoms with Crippen LogP contribution in [0.1, 0.15) is 10.4 Å². The van der Waals surface area contributed by atoms with Crippen molar-refractivity contribution < 1.29 is 27.5 Å². The van der Waals surface area contributed by atoms with E-state index in [1.807, 2.05) is 0 Å². The maximum atomic E-state index is 12.7. The molecular weight excluding hydrogens is 443 g/mol. The smallest absolute Gasteiger partial charge is 0.339 e. The van der Waals surface area contributed by atoms with E-state index in [2.05, 4.69) is 10.1 Å². The van der Waals surface area contributed by atoms with Gasteiger partial charge >= 0.3 is 5.97 Å². The van der Waals surface area contributed by atoms with Crippen LogP contribution in [0.25, 0.3) is 0 Å². The van der Waals surface area contributed by atoms with Crippen LogP contribution in [0.2, 0.25) is 10.0 Å². The Balaban J connectivity index is 1.87. The number of esters is 1. The van der Waals surface area contributed by atoms with E-state index in [-0.39, 0.29) is 34.3 Å². The van der Waals surface area contributed by atoms with E-state index in [0.717, 1.165) is 10.6 Å². The van der Waals surface area contributed by atoms with Crippen LogP contribution in [0, 0.1) is 0 Å². The summed E-state index contributed by atoms with van der Waals surface area (Å²) in [6.45, 7) is -0.241. The molecule has 0 bridgehead atoms. The number of sulfonamides is 1. The van der Waals surface area contributed by atoms with Crippen LogP contribution in [0.3, 0.4) is 0 Å². The molecule has 8 nitrogen and oxygen atoms in total. The predicted molar refractivity (Wildman–Crippen MR) is 109 cm³/mol. The van der Waals surface area contributed by atoms with Gasteiger partial charge in [-0.2, -0.15) is 0 Å². The van der Waals surface area contributed by atoms with Crippen molar-refractivity contribution in [2.45, 2.75) is 6.10 Å². The first kappa shape index (κ1) is 21.2. The van der Waals surface area contributed by atoms with E-state index in [1.54, 1.807) is 0 Å². The molecule has 0 fully saturated rings. The fourth-order valence-electron chi connectivity index (χ4n) is 2.77. The number of amides is 1. The quantitative estimate of drug-likeness (QED) is 0.706. The number of benzene rings is 2. The van der Waals surface area contributed by atoms with Crippen LogP contribution in [0.15, 0.2) is 36.4 Å². The van der Waals surface area contributed by atoms with E-state index in [9.17, 15) is 18.0 Å². The normalized spacial score (nSPS) is 15.9. The molecule has 1 aliphatic heterocycles. The molecule has 0 radical (unpaired) electrons. The molecule has 29 heavy (non-hydrogen) atoms. The Hall–Kier alpha value is -2.49. The maximum absolute atomic E-state index is 12.7. The first-order valence-electron chi connectivity index (χ1n) is 8.23. The fourth-order valence-corrected chi connectivity index (χ4v) is 4.03. The van der Waals surface area contributed by atoms with Gasteiger partial charge in [-0.25, -0.2) is 13.2 Å². The number of hydrogen-bond donors (Lipinski definition) is 1. The molecule has 0 aliphatic carbocycles. The second-order valence-electron chi connectivity index (χ2n) is 6.19. The lowest BCUT2D eigenvalue weighted by Gasteiger charge is -2.34. The SMILES string of the molecule is COC(=O)c1cc(NC(=O)[C@@H]2CN(S(C)(=O)=O)c3cc(Cl)ccc3O2)ccc1Cl. The van der Waals surface area contributed by atoms with Gasteiger partial charge < -0.3 is 14.8 Å². The molecule has 1 N–H and O–H groups in total. The van der Waals surface area contributed by atoms with E-state index in [0.29, 0.717) is 5.02 Å². The van der Waals surface area contributed by atoms with Crippen LogP contribution in [0.5, 0.6) is 5.75 Å². The largest absolute Gasteiger partial charge is 0.476 e. The van der Waals surface area contributed by atoms with E-state index in [1.165, 1.54) is 43.5 Å². The van der Waals surface area contributed by atoms with Crippen molar-refractivity contribution in [3.8, 4) is 5.75 Å². The number of hydrogen-bond acceptors (Lipinski definition) is 6. The Labute approximate surface area is 177 Å². The minimum atomic E-state index is -3.69. The van der Waals surface area contributed by atoms with E-state index >= 15 is 0 Å². The Bertz CT molecular complexity index is 1090. The summed E-state index contributed by atoms with van der Waals surface area (Å²) in [7, 11) is -2.47. The number of nitrogens with one attached hydrogen (secondary N) is 1. The Kier molecular flexibility index (Phi) is 5.92. The van der Waals surface area contributed by atoms with Gasteiger partial charge in [0, 0.05) is 10.7 Å². The predicted octanol–water partition coefficient (Wildman–Crippen LogP) is 2.95. The summed E-state index contributed by atoms with van der Waals surface area (Å²) in [5.74, 6) is -1.05. The molecular formula is C18H16Cl2N2O6S. The standard InChI is InChI=1S/C18H16Cl2N2O6S/c1-27-18(24)12-8-11(4-5-13(12)20)21-17(23)16-9-22(29(2,25)26)14-7-10(19)3-6-15(14)28-16/h3-8,16H,9H2,1-2H3,(H,21,23)/t16-/m0/s1. The lowest BCUT2D eigenvalue weighted by atomic mass is 10.2. The molecule has 2 aromatic carbocycles. The highest BCUT2D eigenvalue weighted by molar-refractivity contribution is 7.92. The van der Waals surface area contributed by atoms with Crippen molar-refractivity contribution in [1.29, 1.82) is 0 Å². The monoisotopic (exact) mass is 458 g/mol. The van der Waals surface area contributed by atoms with Crippen molar-refractivity contribution in [3.05, 3.63) is 52.0 Å². The van der Waals surface area contributed by atoms with Crippen LogP contribution in [0.4, 0.5) is 11.4 Å². The molecule has 1 aliphatic rings. The van der Waals surface area contributed by atoms with Gasteiger partial charge in [0.1, 0.15) is 5.75 Å². The molecule has 154 valence electrons. The van der Waals surface area contributed by atoms with Gasteiger partial charge in [-0.1, -0.05) is 23.2 Å². The number of methoxy groups -OCH3 is 1. The molecule has 0 saturated heterocycles. The number of carbonyl (C=O) groups excluding carboxylic acids is 2. The van der Waals surface area contributed by atoms with E-state index in [4.69, 9.17) is 27.9 Å². The average Bonchev–Trinajstić information content (AvgIpc) is 2.67. The highest BCUT2D eigenvalue weighted by atomic mass is 35.5. The van der Waals surface area contributed by atoms with Crippen molar-refractivity contribution in [1.82, 2.24) is 0 Å². The van der Waals surface area contributed by atoms with Crippen LogP contribution < -0.4 is 14.4 Å². The third-order valence-electron chi connectivity index (χ3n) is 4.12. The topological polar surface area (TPSA) is 102 Å². The summed E-state index contributed by atoms with van der Waals surface area (Å²) in [4.78, 5) is 24.5. The Morgan fingerprint density at radius 3 is 2.59 bits per heavy atom. The molecule has 1 heterocycles. The second kappa shape index (κ2) is 8.10. The van der Waals surface area contributed by atoms with Gasteiger partial charge in [-0.3, -0.25) is 9.10 Å². The molecule has 0 unspecified atom stereocenters. The third-order valence-corrected chi connectivity index (χ3v) is 5.83. The van der Waals surface area contributed by atoms with Crippen molar-refractivity contribution in [3.63, 3.8) is 0 Å². The van der Waals surface area contributed by atoms with Crippen molar-refractivity contribution in [2.75, 3.05) is 29.5 Å². The summed E-state index contributed by atoms with van der Waals surface area (Å²) in [6.07, 6.45) is -0.101. The van der Waals surface area contributed by atoms with Crippen LogP contribution in [-0.4, -0.2) is 46.3 Å². The molecule has 11 heteroatoms. The lowest BCUT2D eigenvalue weighted by Crippen LogP contribution is -2.48. The zero-order chi connectivity index (χ0) is 21.3. The summed E-state index contributed by atoms with van der Waals surface area (Å²) in [5.41, 5.74) is 0.606. The molecule has 2 aromatic rings. The minimum absolute atomic E-state index is 0.0780. The number of anilines is 2. The molecule has 1 atom stereocenters. The number of carbonyl (C=O) groups is 2. The first-order chi connectivity index (χ1) is 13.6. The Morgan fingerprint density at radius 2 is 1.93 bits per heavy atom. The second-order valence-corrected chi connectivity index (χ2v) is 8.94. The summed E-state index contributed by atoms with van der Waals surface area (Å²) >= 11 is 11.9. The first-order valence-corrected chi connectivity index (χ1v) is 10.8. The molecule has 0 saturated carbocycles. The summed E-state index contributed by atoms with van der Waals surface area (Å²) < 4.78 is 35.8. The third kappa shape index (κ3) is 4.58. The summed E-state index contributed by atoms with van der Waals surface area (Å²) in [6, 6.07) is 8.77. The molecule has 0 spiro atoms. The fraction of sp³-hybridized carbons (Fsp3) is 0.222. The maximum Gasteiger partial charge on any atom is 0.339 e. The van der Waals surface area contributed by atoms with Gasteiger partial charge in [-0.05, 0) is 36.4 Å². The van der Waals surface area contributed by atoms with Crippen molar-refractivity contribution >= 4 is 56.5 Å². The number of ether oxygens (including phenoxy) is 2.